The first-order valence-electron chi connectivity index (χ1n) is 7.51. The molecule has 1 fully saturated rings. The van der Waals surface area contributed by atoms with E-state index in [2.05, 4.69) is 33.9 Å². The van der Waals surface area contributed by atoms with E-state index in [0.29, 0.717) is 0 Å². The summed E-state index contributed by atoms with van der Waals surface area (Å²) in [6, 6.07) is 0. The topological polar surface area (TPSA) is 0 Å². The summed E-state index contributed by atoms with van der Waals surface area (Å²) in [5.41, 5.74) is 1.61. The van der Waals surface area contributed by atoms with Crippen molar-refractivity contribution in [3.8, 4) is 0 Å². The van der Waals surface area contributed by atoms with Crippen LogP contribution >= 0.6 is 0 Å². The standard InChI is InChI=1S/C16H30N/c1-13-10-14(2)16(15(3)11-13)12-17(4)8-6-5-7-9-17/h10,14-16H,5-9,11-12H2,1-4H3/q+1/t14-,15+,16+/m0/s1. The molecule has 17 heavy (non-hydrogen) atoms. The molecular formula is C16H30N+. The van der Waals surface area contributed by atoms with Crippen molar-refractivity contribution in [1.82, 2.24) is 0 Å². The lowest BCUT2D eigenvalue weighted by atomic mass is 9.74. The van der Waals surface area contributed by atoms with E-state index in [9.17, 15) is 0 Å². The van der Waals surface area contributed by atoms with E-state index in [0.717, 1.165) is 17.8 Å². The van der Waals surface area contributed by atoms with Gasteiger partial charge in [-0.25, -0.2) is 0 Å². The van der Waals surface area contributed by atoms with Crippen molar-refractivity contribution < 1.29 is 4.48 Å². The van der Waals surface area contributed by atoms with Gasteiger partial charge < -0.3 is 4.48 Å². The van der Waals surface area contributed by atoms with Gasteiger partial charge in [-0.1, -0.05) is 25.5 Å². The molecule has 0 saturated carbocycles. The second-order valence-corrected chi connectivity index (χ2v) is 7.03. The van der Waals surface area contributed by atoms with Crippen molar-refractivity contribution in [2.45, 2.75) is 46.5 Å². The van der Waals surface area contributed by atoms with E-state index in [1.54, 1.807) is 5.57 Å². The minimum absolute atomic E-state index is 0.788. The van der Waals surface area contributed by atoms with E-state index in [1.165, 1.54) is 49.8 Å². The number of likely N-dealkylation sites (tertiary alicyclic amines) is 1. The molecule has 2 rings (SSSR count). The van der Waals surface area contributed by atoms with E-state index >= 15 is 0 Å². The van der Waals surface area contributed by atoms with Crippen molar-refractivity contribution in [2.24, 2.45) is 17.8 Å². The SMILES string of the molecule is CC1=C[C@H](C)[C@@H](C[N+]2(C)CCCCC2)[C@H](C)C1. The van der Waals surface area contributed by atoms with Crippen LogP contribution < -0.4 is 0 Å². The number of piperidine rings is 1. The molecule has 0 aromatic carbocycles. The Labute approximate surface area is 107 Å². The largest absolute Gasteiger partial charge is 0.326 e. The van der Waals surface area contributed by atoms with Crippen molar-refractivity contribution in [3.63, 3.8) is 0 Å². The van der Waals surface area contributed by atoms with Crippen LogP contribution in [-0.4, -0.2) is 31.2 Å². The summed E-state index contributed by atoms with van der Waals surface area (Å²) in [6.45, 7) is 11.4. The predicted octanol–water partition coefficient (Wildman–Crippen LogP) is 3.86. The van der Waals surface area contributed by atoms with Crippen molar-refractivity contribution in [3.05, 3.63) is 11.6 Å². The molecule has 0 aromatic rings. The Bertz CT molecular complexity index is 286. The maximum atomic E-state index is 2.53. The molecule has 98 valence electrons. The zero-order valence-corrected chi connectivity index (χ0v) is 12.2. The Morgan fingerprint density at radius 2 is 1.82 bits per heavy atom. The molecule has 3 atom stereocenters. The molecule has 1 nitrogen and oxygen atoms in total. The number of nitrogens with zero attached hydrogens (tertiary/aromatic N) is 1. The van der Waals surface area contributed by atoms with Crippen LogP contribution in [0.25, 0.3) is 0 Å². The number of allylic oxidation sites excluding steroid dienone is 2. The van der Waals surface area contributed by atoms with E-state index in [1.807, 2.05) is 0 Å². The van der Waals surface area contributed by atoms with Gasteiger partial charge in [0, 0.05) is 5.92 Å². The second kappa shape index (κ2) is 5.14. The summed E-state index contributed by atoms with van der Waals surface area (Å²) in [5.74, 6) is 2.57. The van der Waals surface area contributed by atoms with Crippen LogP contribution in [0, 0.1) is 17.8 Å². The fourth-order valence-corrected chi connectivity index (χ4v) is 4.13. The normalized spacial score (nSPS) is 37.6. The monoisotopic (exact) mass is 236 g/mol. The van der Waals surface area contributed by atoms with Gasteiger partial charge in [-0.15, -0.1) is 0 Å². The molecule has 1 saturated heterocycles. The van der Waals surface area contributed by atoms with Gasteiger partial charge in [0.2, 0.25) is 0 Å². The lowest BCUT2D eigenvalue weighted by molar-refractivity contribution is -0.918. The van der Waals surface area contributed by atoms with Crippen molar-refractivity contribution in [1.29, 1.82) is 0 Å². The van der Waals surface area contributed by atoms with Crippen molar-refractivity contribution >= 4 is 0 Å². The van der Waals surface area contributed by atoms with Gasteiger partial charge in [0.25, 0.3) is 0 Å². The third-order valence-corrected chi connectivity index (χ3v) is 5.15. The quantitative estimate of drug-likeness (QED) is 0.504. The maximum Gasteiger partial charge on any atom is 0.0821 e. The number of hydrogen-bond donors (Lipinski definition) is 0. The first-order valence-corrected chi connectivity index (χ1v) is 7.51. The molecule has 1 aliphatic heterocycles. The first-order chi connectivity index (χ1) is 8.00. The maximum absolute atomic E-state index is 2.53. The van der Waals surface area contributed by atoms with Crippen LogP contribution in [0.15, 0.2) is 11.6 Å². The molecular weight excluding hydrogens is 206 g/mol. The number of hydrogen-bond acceptors (Lipinski definition) is 0. The molecule has 1 heterocycles. The van der Waals surface area contributed by atoms with E-state index in [-0.39, 0.29) is 0 Å². The Kier molecular flexibility index (Phi) is 3.97. The summed E-state index contributed by atoms with van der Waals surface area (Å²) < 4.78 is 1.34. The Morgan fingerprint density at radius 1 is 1.18 bits per heavy atom. The molecule has 0 bridgehead atoms. The number of rotatable bonds is 2. The average Bonchev–Trinajstić information content (AvgIpc) is 2.24. The first kappa shape index (κ1) is 13.1. The van der Waals surface area contributed by atoms with Gasteiger partial charge >= 0.3 is 0 Å². The predicted molar refractivity (Wildman–Crippen MR) is 74.8 cm³/mol. The fourth-order valence-electron chi connectivity index (χ4n) is 4.13. The lowest BCUT2D eigenvalue weighted by Crippen LogP contribution is -2.52. The zero-order chi connectivity index (χ0) is 12.5. The summed E-state index contributed by atoms with van der Waals surface area (Å²) in [5, 5.41) is 0. The van der Waals surface area contributed by atoms with E-state index < -0.39 is 0 Å². The smallest absolute Gasteiger partial charge is 0.0821 e. The van der Waals surface area contributed by atoms with Crippen molar-refractivity contribution in [2.75, 3.05) is 26.7 Å². The van der Waals surface area contributed by atoms with Crippen LogP contribution in [0.3, 0.4) is 0 Å². The lowest BCUT2D eigenvalue weighted by Gasteiger charge is -2.44. The Morgan fingerprint density at radius 3 is 2.41 bits per heavy atom. The van der Waals surface area contributed by atoms with Gasteiger partial charge in [0.15, 0.2) is 0 Å². The number of quaternary nitrogens is 1. The van der Waals surface area contributed by atoms with Crippen LogP contribution in [0.5, 0.6) is 0 Å². The molecule has 0 aromatic heterocycles. The molecule has 2 aliphatic rings. The average molecular weight is 236 g/mol. The van der Waals surface area contributed by atoms with Gasteiger partial charge in [0.05, 0.1) is 26.7 Å². The van der Waals surface area contributed by atoms with Gasteiger partial charge in [-0.2, -0.15) is 0 Å². The molecule has 1 heteroatoms. The Hall–Kier alpha value is -0.300. The van der Waals surface area contributed by atoms with Gasteiger partial charge in [-0.3, -0.25) is 0 Å². The molecule has 0 radical (unpaired) electrons. The summed E-state index contributed by atoms with van der Waals surface area (Å²) in [6.07, 6.45) is 8.21. The van der Waals surface area contributed by atoms with Gasteiger partial charge in [0.1, 0.15) is 0 Å². The summed E-state index contributed by atoms with van der Waals surface area (Å²) in [4.78, 5) is 0. The summed E-state index contributed by atoms with van der Waals surface area (Å²) in [7, 11) is 2.49. The highest BCUT2D eigenvalue weighted by Crippen LogP contribution is 2.35. The minimum atomic E-state index is 0.788. The molecule has 0 amide bonds. The van der Waals surface area contributed by atoms with Crippen LogP contribution in [0.1, 0.15) is 46.5 Å². The third-order valence-electron chi connectivity index (χ3n) is 5.15. The third kappa shape index (κ3) is 3.13. The van der Waals surface area contributed by atoms with Crippen LogP contribution in [0.2, 0.25) is 0 Å². The second-order valence-electron chi connectivity index (χ2n) is 7.03. The zero-order valence-electron chi connectivity index (χ0n) is 12.2. The molecule has 1 aliphatic carbocycles. The van der Waals surface area contributed by atoms with Gasteiger partial charge in [-0.05, 0) is 44.4 Å². The highest BCUT2D eigenvalue weighted by molar-refractivity contribution is 5.08. The Balaban J connectivity index is 2.02. The molecule has 0 unspecified atom stereocenters. The minimum Gasteiger partial charge on any atom is -0.326 e. The van der Waals surface area contributed by atoms with Crippen LogP contribution in [-0.2, 0) is 0 Å². The summed E-state index contributed by atoms with van der Waals surface area (Å²) >= 11 is 0. The fraction of sp³-hybridized carbons (Fsp3) is 0.875. The van der Waals surface area contributed by atoms with E-state index in [4.69, 9.17) is 0 Å². The highest BCUT2D eigenvalue weighted by Gasteiger charge is 2.35. The molecule has 0 N–H and O–H groups in total. The van der Waals surface area contributed by atoms with Crippen LogP contribution in [0.4, 0.5) is 0 Å². The molecule has 0 spiro atoms. The highest BCUT2D eigenvalue weighted by atomic mass is 15.3.